The Hall–Kier alpha value is -1.22. The highest BCUT2D eigenvalue weighted by Crippen LogP contribution is 2.05. The molecule has 1 aromatic rings. The van der Waals surface area contributed by atoms with Gasteiger partial charge in [-0.1, -0.05) is 12.2 Å². The number of aromatic nitrogens is 1. The highest BCUT2D eigenvalue weighted by atomic mass is 19.1. The topological polar surface area (TPSA) is 33.1 Å². The molecule has 0 unspecified atom stereocenters. The van der Waals surface area contributed by atoms with E-state index in [2.05, 4.69) is 4.98 Å². The van der Waals surface area contributed by atoms with Crippen LogP contribution in [0.3, 0.4) is 0 Å². The predicted molar refractivity (Wildman–Crippen MR) is 40.3 cm³/mol. The third kappa shape index (κ3) is 2.13. The number of pyridine rings is 1. The minimum Gasteiger partial charge on any atom is -0.392 e. The second kappa shape index (κ2) is 3.83. The molecule has 11 heavy (non-hydrogen) atoms. The van der Waals surface area contributed by atoms with Gasteiger partial charge < -0.3 is 5.11 Å². The molecule has 0 bridgehead atoms. The fourth-order valence-electron chi connectivity index (χ4n) is 0.701. The molecule has 0 aliphatic rings. The Bertz CT molecular complexity index is 260. The molecule has 0 aliphatic carbocycles. The lowest BCUT2D eigenvalue weighted by Gasteiger charge is -1.92. The van der Waals surface area contributed by atoms with Gasteiger partial charge in [0.05, 0.1) is 12.8 Å². The molecule has 58 valence electrons. The second-order valence-electron chi connectivity index (χ2n) is 1.98. The highest BCUT2D eigenvalue weighted by molar-refractivity contribution is 5.48. The third-order valence-corrected chi connectivity index (χ3v) is 1.21. The van der Waals surface area contributed by atoms with Crippen molar-refractivity contribution >= 4 is 6.08 Å². The van der Waals surface area contributed by atoms with Gasteiger partial charge in [0.1, 0.15) is 5.82 Å². The number of aliphatic hydroxyl groups excluding tert-OH is 1. The first-order valence-electron chi connectivity index (χ1n) is 3.21. The van der Waals surface area contributed by atoms with Crippen molar-refractivity contribution in [1.29, 1.82) is 0 Å². The first-order valence-corrected chi connectivity index (χ1v) is 3.21. The van der Waals surface area contributed by atoms with Gasteiger partial charge in [-0.05, 0) is 6.07 Å². The Balaban J connectivity index is 2.86. The molecule has 1 rings (SSSR count). The minimum absolute atomic E-state index is 0.0816. The molecule has 1 aromatic heterocycles. The van der Waals surface area contributed by atoms with Crippen molar-refractivity contribution in [3.8, 4) is 0 Å². The molecule has 0 fully saturated rings. The first kappa shape index (κ1) is 7.88. The van der Waals surface area contributed by atoms with Crippen LogP contribution in [0.15, 0.2) is 24.5 Å². The van der Waals surface area contributed by atoms with Crippen LogP contribution in [0.5, 0.6) is 0 Å². The number of hydrogen-bond donors (Lipinski definition) is 1. The summed E-state index contributed by atoms with van der Waals surface area (Å²) in [5, 5.41) is 8.39. The summed E-state index contributed by atoms with van der Waals surface area (Å²) in [5.74, 6) is -0.378. The second-order valence-corrected chi connectivity index (χ2v) is 1.98. The fraction of sp³-hybridized carbons (Fsp3) is 0.125. The van der Waals surface area contributed by atoms with Gasteiger partial charge in [-0.2, -0.15) is 0 Å². The van der Waals surface area contributed by atoms with Crippen molar-refractivity contribution in [3.05, 3.63) is 35.9 Å². The van der Waals surface area contributed by atoms with E-state index in [1.54, 1.807) is 6.07 Å². The van der Waals surface area contributed by atoms with E-state index in [-0.39, 0.29) is 12.4 Å². The Morgan fingerprint density at radius 3 is 3.09 bits per heavy atom. The van der Waals surface area contributed by atoms with Crippen molar-refractivity contribution in [2.45, 2.75) is 0 Å². The average Bonchev–Trinajstić information content (AvgIpc) is 2.03. The largest absolute Gasteiger partial charge is 0.392 e. The van der Waals surface area contributed by atoms with Crippen molar-refractivity contribution in [3.63, 3.8) is 0 Å². The Kier molecular flexibility index (Phi) is 2.74. The number of nitrogens with zero attached hydrogens (tertiary/aromatic N) is 1. The maximum atomic E-state index is 12.7. The third-order valence-electron chi connectivity index (χ3n) is 1.21. The molecule has 0 amide bonds. The molecule has 0 saturated heterocycles. The van der Waals surface area contributed by atoms with E-state index < -0.39 is 0 Å². The number of halogens is 1. The molecule has 1 heterocycles. The number of hydrogen-bond acceptors (Lipinski definition) is 2. The normalized spacial score (nSPS) is 10.7. The van der Waals surface area contributed by atoms with Crippen molar-refractivity contribution in [2.24, 2.45) is 0 Å². The van der Waals surface area contributed by atoms with Crippen molar-refractivity contribution in [1.82, 2.24) is 4.98 Å². The smallest absolute Gasteiger partial charge is 0.148 e. The Labute approximate surface area is 64.0 Å². The molecule has 0 aliphatic heterocycles. The summed E-state index contributed by atoms with van der Waals surface area (Å²) < 4.78 is 12.7. The summed E-state index contributed by atoms with van der Waals surface area (Å²) in [7, 11) is 0. The SMILES string of the molecule is OCC=Cc1ccncc1F. The summed E-state index contributed by atoms with van der Waals surface area (Å²) in [6, 6.07) is 1.54. The summed E-state index contributed by atoms with van der Waals surface area (Å²) in [6.07, 6.45) is 5.62. The molecule has 2 nitrogen and oxygen atoms in total. The van der Waals surface area contributed by atoms with Gasteiger partial charge >= 0.3 is 0 Å². The summed E-state index contributed by atoms with van der Waals surface area (Å²) >= 11 is 0. The van der Waals surface area contributed by atoms with Crippen LogP contribution in [0.25, 0.3) is 6.08 Å². The Morgan fingerprint density at radius 1 is 1.64 bits per heavy atom. The van der Waals surface area contributed by atoms with Gasteiger partial charge in [0, 0.05) is 11.8 Å². The van der Waals surface area contributed by atoms with E-state index in [0.717, 1.165) is 6.20 Å². The number of rotatable bonds is 2. The van der Waals surface area contributed by atoms with Gasteiger partial charge in [-0.15, -0.1) is 0 Å². The highest BCUT2D eigenvalue weighted by Gasteiger charge is 1.94. The van der Waals surface area contributed by atoms with Crippen LogP contribution in [-0.4, -0.2) is 16.7 Å². The molecular weight excluding hydrogens is 145 g/mol. The molecule has 0 saturated carbocycles. The van der Waals surface area contributed by atoms with Crippen LogP contribution in [0.4, 0.5) is 4.39 Å². The molecule has 3 heteroatoms. The van der Waals surface area contributed by atoms with Crippen LogP contribution in [0.2, 0.25) is 0 Å². The monoisotopic (exact) mass is 153 g/mol. The fourth-order valence-corrected chi connectivity index (χ4v) is 0.701. The van der Waals surface area contributed by atoms with E-state index in [1.807, 2.05) is 0 Å². The van der Waals surface area contributed by atoms with E-state index >= 15 is 0 Å². The molecule has 0 spiro atoms. The summed E-state index contributed by atoms with van der Waals surface area (Å²) in [6.45, 7) is -0.0816. The van der Waals surface area contributed by atoms with E-state index in [0.29, 0.717) is 5.56 Å². The van der Waals surface area contributed by atoms with Gasteiger partial charge in [0.25, 0.3) is 0 Å². The molecule has 0 atom stereocenters. The predicted octanol–water partition coefficient (Wildman–Crippen LogP) is 1.23. The summed E-state index contributed by atoms with van der Waals surface area (Å²) in [5.41, 5.74) is 0.439. The number of aliphatic hydroxyl groups is 1. The maximum absolute atomic E-state index is 12.7. The standard InChI is InChI=1S/C8H8FNO/c9-8-6-10-4-3-7(8)2-1-5-11/h1-4,6,11H,5H2. The lowest BCUT2D eigenvalue weighted by Crippen LogP contribution is -1.83. The Morgan fingerprint density at radius 2 is 2.45 bits per heavy atom. The minimum atomic E-state index is -0.378. The molecule has 0 radical (unpaired) electrons. The quantitative estimate of drug-likeness (QED) is 0.693. The average molecular weight is 153 g/mol. The molecular formula is C8H8FNO. The van der Waals surface area contributed by atoms with E-state index in [9.17, 15) is 4.39 Å². The van der Waals surface area contributed by atoms with Crippen LogP contribution in [-0.2, 0) is 0 Å². The zero-order valence-corrected chi connectivity index (χ0v) is 5.87. The van der Waals surface area contributed by atoms with E-state index in [4.69, 9.17) is 5.11 Å². The maximum Gasteiger partial charge on any atom is 0.148 e. The van der Waals surface area contributed by atoms with Crippen LogP contribution in [0, 0.1) is 5.82 Å². The van der Waals surface area contributed by atoms with Gasteiger partial charge in [-0.25, -0.2) is 4.39 Å². The van der Waals surface area contributed by atoms with Crippen LogP contribution < -0.4 is 0 Å². The zero-order valence-electron chi connectivity index (χ0n) is 5.87. The zero-order chi connectivity index (χ0) is 8.10. The van der Waals surface area contributed by atoms with Crippen molar-refractivity contribution in [2.75, 3.05) is 6.61 Å². The van der Waals surface area contributed by atoms with Crippen molar-refractivity contribution < 1.29 is 9.50 Å². The first-order chi connectivity index (χ1) is 5.34. The van der Waals surface area contributed by atoms with Crippen LogP contribution >= 0.6 is 0 Å². The van der Waals surface area contributed by atoms with Gasteiger partial charge in [0.15, 0.2) is 0 Å². The molecule has 1 N–H and O–H groups in total. The summed E-state index contributed by atoms with van der Waals surface area (Å²) in [4.78, 5) is 3.58. The van der Waals surface area contributed by atoms with Crippen LogP contribution in [0.1, 0.15) is 5.56 Å². The van der Waals surface area contributed by atoms with E-state index in [1.165, 1.54) is 18.3 Å². The van der Waals surface area contributed by atoms with Gasteiger partial charge in [0.2, 0.25) is 0 Å². The lowest BCUT2D eigenvalue weighted by atomic mass is 10.2. The van der Waals surface area contributed by atoms with Gasteiger partial charge in [-0.3, -0.25) is 4.98 Å². The molecule has 0 aromatic carbocycles. The lowest BCUT2D eigenvalue weighted by molar-refractivity contribution is 0.343.